The second-order valence-electron chi connectivity index (χ2n) is 5.57. The molecule has 2 heteroatoms. The summed E-state index contributed by atoms with van der Waals surface area (Å²) in [5.74, 6) is 0. The minimum atomic E-state index is -0.312. The highest BCUT2D eigenvalue weighted by molar-refractivity contribution is 5.31. The third-order valence-corrected chi connectivity index (χ3v) is 3.95. The van der Waals surface area contributed by atoms with E-state index in [0.29, 0.717) is 0 Å². The lowest BCUT2D eigenvalue weighted by molar-refractivity contribution is 0.133. The molecule has 1 aliphatic rings. The largest absolute Gasteiger partial charge is 0.388 e. The fourth-order valence-corrected chi connectivity index (χ4v) is 2.84. The van der Waals surface area contributed by atoms with Gasteiger partial charge in [-0.1, -0.05) is 30.2 Å². The average molecular weight is 247 g/mol. The van der Waals surface area contributed by atoms with Crippen LogP contribution in [-0.2, 0) is 0 Å². The molecule has 1 N–H and O–H groups in total. The van der Waals surface area contributed by atoms with Crippen molar-refractivity contribution in [2.75, 3.05) is 19.6 Å². The summed E-state index contributed by atoms with van der Waals surface area (Å²) in [6.45, 7) is 7.62. The molecule has 1 aromatic carbocycles. The molecular formula is C16H25NO. The van der Waals surface area contributed by atoms with Gasteiger partial charge in [-0.25, -0.2) is 0 Å². The number of benzene rings is 1. The summed E-state index contributed by atoms with van der Waals surface area (Å²) >= 11 is 0. The molecule has 0 radical (unpaired) electrons. The molecular weight excluding hydrogens is 222 g/mol. The van der Waals surface area contributed by atoms with Crippen molar-refractivity contribution < 1.29 is 5.11 Å². The summed E-state index contributed by atoms with van der Waals surface area (Å²) in [5.41, 5.74) is 3.57. The lowest BCUT2D eigenvalue weighted by Crippen LogP contribution is -2.31. The monoisotopic (exact) mass is 247 g/mol. The molecule has 0 saturated carbocycles. The zero-order valence-corrected chi connectivity index (χ0v) is 11.7. The zero-order chi connectivity index (χ0) is 13.0. The van der Waals surface area contributed by atoms with Crippen LogP contribution in [0, 0.1) is 13.8 Å². The summed E-state index contributed by atoms with van der Waals surface area (Å²) < 4.78 is 0. The standard InChI is InChI=1S/C16H25NO/c1-13-6-7-15(14(2)12-13)16(18)8-11-17-9-4-3-5-10-17/h6-7,12,16,18H,3-5,8-11H2,1-2H3. The molecule has 0 spiro atoms. The Labute approximate surface area is 111 Å². The van der Waals surface area contributed by atoms with Crippen molar-refractivity contribution in [3.8, 4) is 0 Å². The molecule has 1 aromatic rings. The molecule has 100 valence electrons. The number of aryl methyl sites for hydroxylation is 2. The second kappa shape index (κ2) is 6.35. The third kappa shape index (κ3) is 3.56. The van der Waals surface area contributed by atoms with Gasteiger partial charge in [-0.3, -0.25) is 0 Å². The van der Waals surface area contributed by atoms with Crippen LogP contribution in [0.1, 0.15) is 48.5 Å². The van der Waals surface area contributed by atoms with Gasteiger partial charge >= 0.3 is 0 Å². The van der Waals surface area contributed by atoms with Crippen LogP contribution in [0.2, 0.25) is 0 Å². The van der Waals surface area contributed by atoms with Gasteiger partial charge in [0, 0.05) is 6.54 Å². The van der Waals surface area contributed by atoms with E-state index in [2.05, 4.69) is 36.9 Å². The maximum atomic E-state index is 10.3. The molecule has 0 bridgehead atoms. The van der Waals surface area contributed by atoms with Crippen molar-refractivity contribution >= 4 is 0 Å². The highest BCUT2D eigenvalue weighted by Gasteiger charge is 2.14. The smallest absolute Gasteiger partial charge is 0.0804 e. The second-order valence-corrected chi connectivity index (χ2v) is 5.57. The Bertz CT molecular complexity index is 383. The van der Waals surface area contributed by atoms with Gasteiger partial charge in [0.15, 0.2) is 0 Å². The molecule has 1 unspecified atom stereocenters. The molecule has 1 aliphatic heterocycles. The molecule has 2 rings (SSSR count). The van der Waals surface area contributed by atoms with E-state index in [9.17, 15) is 5.11 Å². The summed E-state index contributed by atoms with van der Waals surface area (Å²) in [7, 11) is 0. The molecule has 0 aromatic heterocycles. The Morgan fingerprint density at radius 1 is 1.17 bits per heavy atom. The van der Waals surface area contributed by atoms with Crippen LogP contribution in [0.5, 0.6) is 0 Å². The van der Waals surface area contributed by atoms with E-state index >= 15 is 0 Å². The fourth-order valence-electron chi connectivity index (χ4n) is 2.84. The first-order valence-electron chi connectivity index (χ1n) is 7.14. The average Bonchev–Trinajstić information content (AvgIpc) is 2.37. The van der Waals surface area contributed by atoms with Crippen molar-refractivity contribution in [2.24, 2.45) is 0 Å². The predicted octanol–water partition coefficient (Wildman–Crippen LogP) is 3.21. The SMILES string of the molecule is Cc1ccc(C(O)CCN2CCCCC2)c(C)c1. The topological polar surface area (TPSA) is 23.5 Å². The molecule has 18 heavy (non-hydrogen) atoms. The van der Waals surface area contributed by atoms with E-state index in [-0.39, 0.29) is 6.10 Å². The van der Waals surface area contributed by atoms with Gasteiger partial charge < -0.3 is 10.0 Å². The van der Waals surface area contributed by atoms with Gasteiger partial charge in [-0.05, 0) is 57.3 Å². The maximum Gasteiger partial charge on any atom is 0.0804 e. The number of aliphatic hydroxyl groups excluding tert-OH is 1. The number of hydrogen-bond donors (Lipinski definition) is 1. The van der Waals surface area contributed by atoms with Crippen LogP contribution in [0.25, 0.3) is 0 Å². The molecule has 1 saturated heterocycles. The first-order valence-corrected chi connectivity index (χ1v) is 7.14. The first-order chi connectivity index (χ1) is 8.66. The zero-order valence-electron chi connectivity index (χ0n) is 11.7. The number of likely N-dealkylation sites (tertiary alicyclic amines) is 1. The predicted molar refractivity (Wildman–Crippen MR) is 75.8 cm³/mol. The highest BCUT2D eigenvalue weighted by atomic mass is 16.3. The summed E-state index contributed by atoms with van der Waals surface area (Å²) in [5, 5.41) is 10.3. The van der Waals surface area contributed by atoms with Gasteiger partial charge in [0.1, 0.15) is 0 Å². The molecule has 1 heterocycles. The van der Waals surface area contributed by atoms with Crippen LogP contribution >= 0.6 is 0 Å². The minimum Gasteiger partial charge on any atom is -0.388 e. The minimum absolute atomic E-state index is 0.312. The lowest BCUT2D eigenvalue weighted by atomic mass is 9.99. The van der Waals surface area contributed by atoms with Gasteiger partial charge in [0.25, 0.3) is 0 Å². The van der Waals surface area contributed by atoms with Crippen LogP contribution in [0.4, 0.5) is 0 Å². The van der Waals surface area contributed by atoms with Crippen LogP contribution < -0.4 is 0 Å². The van der Waals surface area contributed by atoms with Gasteiger partial charge in [-0.2, -0.15) is 0 Å². The Morgan fingerprint density at radius 2 is 1.89 bits per heavy atom. The molecule has 0 amide bonds. The number of rotatable bonds is 4. The molecule has 1 atom stereocenters. The van der Waals surface area contributed by atoms with Crippen molar-refractivity contribution in [3.05, 3.63) is 34.9 Å². The van der Waals surface area contributed by atoms with E-state index in [0.717, 1.165) is 18.5 Å². The van der Waals surface area contributed by atoms with Crippen molar-refractivity contribution in [1.29, 1.82) is 0 Å². The maximum absolute atomic E-state index is 10.3. The number of hydrogen-bond acceptors (Lipinski definition) is 2. The van der Waals surface area contributed by atoms with Crippen molar-refractivity contribution in [1.82, 2.24) is 4.90 Å². The third-order valence-electron chi connectivity index (χ3n) is 3.95. The normalized spacial score (nSPS) is 18.8. The van der Waals surface area contributed by atoms with Crippen molar-refractivity contribution in [2.45, 2.75) is 45.6 Å². The van der Waals surface area contributed by atoms with E-state index in [1.807, 2.05) is 0 Å². The fraction of sp³-hybridized carbons (Fsp3) is 0.625. The highest BCUT2D eigenvalue weighted by Crippen LogP contribution is 2.22. The van der Waals surface area contributed by atoms with Gasteiger partial charge in [-0.15, -0.1) is 0 Å². The first kappa shape index (κ1) is 13.6. The Kier molecular flexibility index (Phi) is 4.79. The van der Waals surface area contributed by atoms with E-state index in [4.69, 9.17) is 0 Å². The molecule has 1 fully saturated rings. The van der Waals surface area contributed by atoms with Crippen LogP contribution in [0.3, 0.4) is 0 Å². The van der Waals surface area contributed by atoms with Crippen LogP contribution in [-0.4, -0.2) is 29.6 Å². The number of aliphatic hydroxyl groups is 1. The lowest BCUT2D eigenvalue weighted by Gasteiger charge is -2.27. The van der Waals surface area contributed by atoms with Crippen molar-refractivity contribution in [3.63, 3.8) is 0 Å². The number of nitrogens with zero attached hydrogens (tertiary/aromatic N) is 1. The number of piperidine rings is 1. The van der Waals surface area contributed by atoms with E-state index in [1.165, 1.54) is 43.5 Å². The summed E-state index contributed by atoms with van der Waals surface area (Å²) in [6, 6.07) is 6.32. The van der Waals surface area contributed by atoms with Crippen LogP contribution in [0.15, 0.2) is 18.2 Å². The summed E-state index contributed by atoms with van der Waals surface area (Å²) in [4.78, 5) is 2.48. The Morgan fingerprint density at radius 3 is 2.56 bits per heavy atom. The summed E-state index contributed by atoms with van der Waals surface area (Å²) in [6.07, 6.45) is 4.55. The van der Waals surface area contributed by atoms with Gasteiger partial charge in [0.2, 0.25) is 0 Å². The molecule has 2 nitrogen and oxygen atoms in total. The Hall–Kier alpha value is -0.860. The van der Waals surface area contributed by atoms with Gasteiger partial charge in [0.05, 0.1) is 6.10 Å². The Balaban J connectivity index is 1.88. The van der Waals surface area contributed by atoms with E-state index in [1.54, 1.807) is 0 Å². The van der Waals surface area contributed by atoms with E-state index < -0.39 is 0 Å². The molecule has 0 aliphatic carbocycles. The quantitative estimate of drug-likeness (QED) is 0.883.